The van der Waals surface area contributed by atoms with Gasteiger partial charge in [0, 0.05) is 16.1 Å². The Morgan fingerprint density at radius 3 is 2.39 bits per heavy atom. The molecule has 4 amide bonds. The van der Waals surface area contributed by atoms with Gasteiger partial charge >= 0.3 is 6.03 Å². The molecule has 0 atom stereocenters. The first kappa shape index (κ1) is 22.3. The van der Waals surface area contributed by atoms with Crippen molar-refractivity contribution in [1.82, 2.24) is 5.32 Å². The van der Waals surface area contributed by atoms with E-state index in [9.17, 15) is 14.4 Å². The van der Waals surface area contributed by atoms with Crippen LogP contribution in [0.4, 0.5) is 10.5 Å². The highest BCUT2D eigenvalue weighted by Gasteiger charge is 2.37. The van der Waals surface area contributed by atoms with Gasteiger partial charge in [-0.1, -0.05) is 46.3 Å². The smallest absolute Gasteiger partial charge is 0.335 e. The zero-order chi connectivity index (χ0) is 23.4. The van der Waals surface area contributed by atoms with E-state index in [2.05, 4.69) is 21.2 Å². The fourth-order valence-corrected chi connectivity index (χ4v) is 3.52. The fraction of sp³-hybridized carbons (Fsp3) is 0.0800. The van der Waals surface area contributed by atoms with Gasteiger partial charge in [0.15, 0.2) is 0 Å². The number of carbonyl (C=O) groups is 3. The second-order valence-corrected chi connectivity index (χ2v) is 8.03. The second-order valence-electron chi connectivity index (χ2n) is 7.11. The van der Waals surface area contributed by atoms with Crippen LogP contribution in [0.15, 0.2) is 82.8 Å². The molecule has 1 aliphatic rings. The minimum Gasteiger partial charge on any atom is -0.497 e. The van der Waals surface area contributed by atoms with Gasteiger partial charge in [-0.25, -0.2) is 9.69 Å². The summed E-state index contributed by atoms with van der Waals surface area (Å²) in [7, 11) is 1.54. The van der Waals surface area contributed by atoms with E-state index in [1.165, 1.54) is 13.2 Å². The number of carbonyl (C=O) groups excluding carboxylic acids is 3. The van der Waals surface area contributed by atoms with Gasteiger partial charge in [0.25, 0.3) is 11.8 Å². The molecule has 0 spiro atoms. The van der Waals surface area contributed by atoms with Crippen molar-refractivity contribution in [3.05, 3.63) is 94.0 Å². The highest BCUT2D eigenvalue weighted by Crippen LogP contribution is 2.30. The number of hydrogen-bond donors (Lipinski definition) is 1. The Labute approximate surface area is 198 Å². The zero-order valence-electron chi connectivity index (χ0n) is 17.6. The van der Waals surface area contributed by atoms with Crippen molar-refractivity contribution >= 4 is 45.5 Å². The van der Waals surface area contributed by atoms with Crippen molar-refractivity contribution in [1.29, 1.82) is 0 Å². The molecular weight excluding hydrogens is 488 g/mol. The molecule has 33 heavy (non-hydrogen) atoms. The third-order valence-corrected chi connectivity index (χ3v) is 5.47. The van der Waals surface area contributed by atoms with Gasteiger partial charge in [0.1, 0.15) is 23.7 Å². The molecule has 1 saturated heterocycles. The van der Waals surface area contributed by atoms with Gasteiger partial charge in [0.05, 0.1) is 12.8 Å². The van der Waals surface area contributed by atoms with Gasteiger partial charge < -0.3 is 9.47 Å². The molecule has 0 saturated carbocycles. The number of urea groups is 1. The highest BCUT2D eigenvalue weighted by atomic mass is 79.9. The largest absolute Gasteiger partial charge is 0.497 e. The molecule has 7 nitrogen and oxygen atoms in total. The molecule has 0 radical (unpaired) electrons. The molecule has 1 heterocycles. The maximum atomic E-state index is 13.1. The van der Waals surface area contributed by atoms with E-state index in [-0.39, 0.29) is 12.2 Å². The maximum Gasteiger partial charge on any atom is 0.335 e. The van der Waals surface area contributed by atoms with Crippen LogP contribution >= 0.6 is 15.9 Å². The van der Waals surface area contributed by atoms with Crippen LogP contribution in [0.1, 0.15) is 11.1 Å². The molecule has 0 unspecified atom stereocenters. The second kappa shape index (κ2) is 9.70. The molecule has 166 valence electrons. The molecule has 1 aliphatic heterocycles. The third-order valence-electron chi connectivity index (χ3n) is 4.94. The number of barbiturate groups is 1. The van der Waals surface area contributed by atoms with Gasteiger partial charge in [0.2, 0.25) is 0 Å². The van der Waals surface area contributed by atoms with Crippen molar-refractivity contribution in [2.75, 3.05) is 12.0 Å². The van der Waals surface area contributed by atoms with Crippen LogP contribution in [0.3, 0.4) is 0 Å². The number of anilines is 1. The van der Waals surface area contributed by atoms with Crippen LogP contribution in [-0.2, 0) is 16.2 Å². The number of hydrogen-bond acceptors (Lipinski definition) is 5. The number of nitrogens with zero attached hydrogens (tertiary/aromatic N) is 1. The molecule has 0 aromatic heterocycles. The average Bonchev–Trinajstić information content (AvgIpc) is 2.82. The minimum atomic E-state index is -0.806. The Morgan fingerprint density at radius 2 is 1.70 bits per heavy atom. The summed E-state index contributed by atoms with van der Waals surface area (Å²) in [6.07, 6.45) is 1.41. The summed E-state index contributed by atoms with van der Waals surface area (Å²) in [6.45, 7) is 0.286. The van der Waals surface area contributed by atoms with E-state index in [1.807, 2.05) is 30.3 Å². The third kappa shape index (κ3) is 4.96. The molecule has 8 heteroatoms. The normalized spacial score (nSPS) is 14.9. The van der Waals surface area contributed by atoms with Gasteiger partial charge in [-0.3, -0.25) is 14.9 Å². The molecule has 3 aromatic rings. The van der Waals surface area contributed by atoms with E-state index in [0.29, 0.717) is 22.7 Å². The molecule has 0 bridgehead atoms. The van der Waals surface area contributed by atoms with Crippen molar-refractivity contribution in [2.45, 2.75) is 6.61 Å². The standard InChI is InChI=1S/C25H19BrN2O5/c1-32-20-12-7-17(22(14-20)33-15-16-5-3-2-4-6-16)13-21-23(29)27-25(31)28(24(21)30)19-10-8-18(26)9-11-19/h2-14H,15H2,1H3,(H,27,29,31)/b21-13+. The maximum absolute atomic E-state index is 13.1. The highest BCUT2D eigenvalue weighted by molar-refractivity contribution is 9.10. The van der Waals surface area contributed by atoms with Crippen molar-refractivity contribution in [2.24, 2.45) is 0 Å². The number of rotatable bonds is 6. The molecule has 4 rings (SSSR count). The summed E-state index contributed by atoms with van der Waals surface area (Å²) in [5.41, 5.74) is 1.61. The first-order valence-electron chi connectivity index (χ1n) is 9.98. The summed E-state index contributed by atoms with van der Waals surface area (Å²) in [4.78, 5) is 39.0. The number of nitrogens with one attached hydrogen (secondary N) is 1. The summed E-state index contributed by atoms with van der Waals surface area (Å²) >= 11 is 3.32. The Balaban J connectivity index is 1.68. The van der Waals surface area contributed by atoms with E-state index < -0.39 is 17.8 Å². The number of methoxy groups -OCH3 is 1. The molecule has 1 fully saturated rings. The van der Waals surface area contributed by atoms with Crippen LogP contribution < -0.4 is 19.7 Å². The number of amides is 4. The molecule has 1 N–H and O–H groups in total. The van der Waals surface area contributed by atoms with Crippen molar-refractivity contribution in [3.63, 3.8) is 0 Å². The lowest BCUT2D eigenvalue weighted by Gasteiger charge is -2.26. The predicted molar refractivity (Wildman–Crippen MR) is 127 cm³/mol. The summed E-state index contributed by atoms with van der Waals surface area (Å²) in [5, 5.41) is 2.22. The predicted octanol–water partition coefficient (Wildman–Crippen LogP) is 4.70. The zero-order valence-corrected chi connectivity index (χ0v) is 19.2. The van der Waals surface area contributed by atoms with Crippen molar-refractivity contribution in [3.8, 4) is 11.5 Å². The van der Waals surface area contributed by atoms with E-state index >= 15 is 0 Å². The SMILES string of the molecule is COc1ccc(/C=C2\C(=O)NC(=O)N(c3ccc(Br)cc3)C2=O)c(OCc2ccccc2)c1. The van der Waals surface area contributed by atoms with Crippen LogP contribution in [-0.4, -0.2) is 25.0 Å². The number of ether oxygens (including phenoxy) is 2. The van der Waals surface area contributed by atoms with Gasteiger partial charge in [-0.15, -0.1) is 0 Å². The monoisotopic (exact) mass is 506 g/mol. The quantitative estimate of drug-likeness (QED) is 0.386. The number of imide groups is 2. The lowest BCUT2D eigenvalue weighted by Crippen LogP contribution is -2.54. The van der Waals surface area contributed by atoms with Crippen LogP contribution in [0, 0.1) is 0 Å². The van der Waals surface area contributed by atoms with Crippen molar-refractivity contribution < 1.29 is 23.9 Å². The van der Waals surface area contributed by atoms with Gasteiger partial charge in [-0.05, 0) is 48.0 Å². The first-order chi connectivity index (χ1) is 16.0. The van der Waals surface area contributed by atoms with Crippen LogP contribution in [0.25, 0.3) is 6.08 Å². The van der Waals surface area contributed by atoms with E-state index in [1.54, 1.807) is 42.5 Å². The number of benzene rings is 3. The minimum absolute atomic E-state index is 0.188. The van der Waals surface area contributed by atoms with Crippen LogP contribution in [0.5, 0.6) is 11.5 Å². The lowest BCUT2D eigenvalue weighted by molar-refractivity contribution is -0.122. The Bertz CT molecular complexity index is 1240. The van der Waals surface area contributed by atoms with Gasteiger partial charge in [-0.2, -0.15) is 0 Å². The summed E-state index contributed by atoms with van der Waals surface area (Å²) in [5.74, 6) is -0.510. The average molecular weight is 507 g/mol. The lowest BCUT2D eigenvalue weighted by atomic mass is 10.1. The van der Waals surface area contributed by atoms with Crippen LogP contribution in [0.2, 0.25) is 0 Å². The Morgan fingerprint density at radius 1 is 0.970 bits per heavy atom. The number of halogens is 1. The van der Waals surface area contributed by atoms with E-state index in [0.717, 1.165) is 14.9 Å². The summed E-state index contributed by atoms with van der Waals surface area (Å²) in [6, 6.07) is 20.5. The first-order valence-corrected chi connectivity index (χ1v) is 10.8. The Kier molecular flexibility index (Phi) is 6.55. The fourth-order valence-electron chi connectivity index (χ4n) is 3.26. The molecular formula is C25H19BrN2O5. The topological polar surface area (TPSA) is 84.9 Å². The molecule has 0 aliphatic carbocycles. The van der Waals surface area contributed by atoms with E-state index in [4.69, 9.17) is 9.47 Å². The molecule has 3 aromatic carbocycles. The Hall–Kier alpha value is -3.91. The summed E-state index contributed by atoms with van der Waals surface area (Å²) < 4.78 is 12.1.